The van der Waals surface area contributed by atoms with Crippen molar-refractivity contribution in [3.8, 4) is 0 Å². The Hall–Kier alpha value is -2.45. The van der Waals surface area contributed by atoms with Gasteiger partial charge in [-0.05, 0) is 61.1 Å². The number of rotatable bonds is 6. The Balaban J connectivity index is 1.63. The van der Waals surface area contributed by atoms with Gasteiger partial charge in [-0.15, -0.1) is 22.7 Å². The summed E-state index contributed by atoms with van der Waals surface area (Å²) in [5, 5.41) is 4.27. The smallest absolute Gasteiger partial charge is 0.268 e. The number of nitrogens with zero attached hydrogens (tertiary/aromatic N) is 1. The maximum atomic E-state index is 13.2. The van der Waals surface area contributed by atoms with E-state index in [1.54, 1.807) is 0 Å². The molecule has 0 radical (unpaired) electrons. The second-order valence-electron chi connectivity index (χ2n) is 9.94. The first-order valence-electron chi connectivity index (χ1n) is 11.5. The fourth-order valence-corrected chi connectivity index (χ4v) is 6.87. The lowest BCUT2D eigenvalue weighted by molar-refractivity contribution is 0.1000. The average Bonchev–Trinajstić information content (AvgIpc) is 3.28. The van der Waals surface area contributed by atoms with Crippen molar-refractivity contribution in [2.45, 2.75) is 66.2 Å². The van der Waals surface area contributed by atoms with Crippen LogP contribution in [0.15, 0.2) is 12.1 Å². The Labute approximate surface area is 202 Å². The average molecular weight is 485 g/mol. The first kappa shape index (κ1) is 23.7. The maximum absolute atomic E-state index is 13.2. The predicted octanol–water partition coefficient (Wildman–Crippen LogP) is 5.78. The number of nitrogen functional groups attached to an aromatic ring is 1. The highest BCUT2D eigenvalue weighted by molar-refractivity contribution is 7.21. The number of nitrogens with two attached hydrogens (primary N) is 2. The lowest BCUT2D eigenvalue weighted by Gasteiger charge is -2.33. The van der Waals surface area contributed by atoms with Crippen LogP contribution in [0.1, 0.15) is 83.1 Å². The van der Waals surface area contributed by atoms with E-state index in [9.17, 15) is 9.59 Å². The van der Waals surface area contributed by atoms with Crippen LogP contribution in [0, 0.1) is 11.3 Å². The molecule has 0 aliphatic heterocycles. The first-order chi connectivity index (χ1) is 15.6. The minimum Gasteiger partial charge on any atom is -0.397 e. The molecule has 0 saturated heterocycles. The van der Waals surface area contributed by atoms with Gasteiger partial charge in [0.15, 0.2) is 0 Å². The molecule has 0 bridgehead atoms. The minimum absolute atomic E-state index is 0.187. The fraction of sp³-hybridized carbons (Fsp3) is 0.480. The molecule has 0 aromatic carbocycles. The van der Waals surface area contributed by atoms with Gasteiger partial charge in [0, 0.05) is 16.0 Å². The summed E-state index contributed by atoms with van der Waals surface area (Å²) in [6, 6.07) is 3.92. The second kappa shape index (κ2) is 9.06. The number of primary amides is 1. The van der Waals surface area contributed by atoms with Crippen molar-refractivity contribution >= 4 is 55.4 Å². The Morgan fingerprint density at radius 2 is 2.00 bits per heavy atom. The van der Waals surface area contributed by atoms with Gasteiger partial charge in [0.05, 0.1) is 11.3 Å². The molecular weight excluding hydrogens is 452 g/mol. The van der Waals surface area contributed by atoms with E-state index in [2.05, 4.69) is 33.0 Å². The lowest BCUT2D eigenvalue weighted by Crippen LogP contribution is -2.27. The molecule has 3 aromatic heterocycles. The molecule has 6 nitrogen and oxygen atoms in total. The van der Waals surface area contributed by atoms with Gasteiger partial charge in [-0.1, -0.05) is 34.1 Å². The van der Waals surface area contributed by atoms with E-state index in [-0.39, 0.29) is 11.3 Å². The van der Waals surface area contributed by atoms with E-state index >= 15 is 0 Å². The van der Waals surface area contributed by atoms with Crippen molar-refractivity contribution < 1.29 is 9.59 Å². The number of carbonyl (C=O) groups excluding carboxylic acids is 2. The Bertz CT molecular complexity index is 1220. The summed E-state index contributed by atoms with van der Waals surface area (Å²) < 4.78 is 0. The first-order valence-corrected chi connectivity index (χ1v) is 13.2. The van der Waals surface area contributed by atoms with E-state index in [4.69, 9.17) is 16.5 Å². The van der Waals surface area contributed by atoms with Gasteiger partial charge < -0.3 is 16.8 Å². The third kappa shape index (κ3) is 4.64. The van der Waals surface area contributed by atoms with Gasteiger partial charge in [0.2, 0.25) is 0 Å². The van der Waals surface area contributed by atoms with E-state index in [0.717, 1.165) is 64.9 Å². The highest BCUT2D eigenvalue weighted by atomic mass is 32.1. The number of amides is 2. The number of pyridine rings is 1. The van der Waals surface area contributed by atoms with Crippen LogP contribution < -0.4 is 16.8 Å². The topological polar surface area (TPSA) is 111 Å². The third-order valence-corrected chi connectivity index (χ3v) is 8.89. The molecule has 3 aromatic rings. The van der Waals surface area contributed by atoms with Gasteiger partial charge in [-0.25, -0.2) is 4.98 Å². The van der Waals surface area contributed by atoms with Crippen molar-refractivity contribution in [3.63, 3.8) is 0 Å². The zero-order valence-electron chi connectivity index (χ0n) is 19.7. The molecule has 33 heavy (non-hydrogen) atoms. The number of aromatic nitrogens is 1. The molecule has 176 valence electrons. The van der Waals surface area contributed by atoms with Crippen molar-refractivity contribution in [2.75, 3.05) is 11.1 Å². The number of unbranched alkanes of at least 4 members (excludes halogenated alkanes) is 1. The van der Waals surface area contributed by atoms with Gasteiger partial charge in [-0.2, -0.15) is 0 Å². The number of carbonyl (C=O) groups is 2. The molecule has 1 atom stereocenters. The van der Waals surface area contributed by atoms with Gasteiger partial charge in [-0.3, -0.25) is 9.59 Å². The largest absolute Gasteiger partial charge is 0.397 e. The molecule has 3 heterocycles. The van der Waals surface area contributed by atoms with Crippen LogP contribution in [0.5, 0.6) is 0 Å². The zero-order valence-corrected chi connectivity index (χ0v) is 21.3. The van der Waals surface area contributed by atoms with Crippen LogP contribution in [0.4, 0.5) is 10.7 Å². The Kier molecular flexibility index (Phi) is 6.51. The standard InChI is InChI=1S/C25H32N4O2S2/c1-5-6-7-14-9-11-16-19(26)20(33-23(16)28-14)22(31)29-24-18(21(27)30)15-10-8-13(25(2,3)4)12-17(15)32-24/h9,11,13H,5-8,10,12,26H2,1-4H3,(H2,27,30)(H,29,31). The minimum atomic E-state index is -0.497. The normalized spacial score (nSPS) is 16.1. The van der Waals surface area contributed by atoms with Gasteiger partial charge in [0.1, 0.15) is 14.7 Å². The lowest BCUT2D eigenvalue weighted by atomic mass is 9.72. The Morgan fingerprint density at radius 1 is 1.24 bits per heavy atom. The number of thiophene rings is 2. The SMILES string of the molecule is CCCCc1ccc2c(N)c(C(=O)Nc3sc4c(c3C(N)=O)CCC(C(C)(C)C)C4)sc2n1. The zero-order chi connectivity index (χ0) is 23.9. The molecule has 1 aliphatic carbocycles. The molecule has 0 fully saturated rings. The number of fused-ring (bicyclic) bond motifs is 2. The summed E-state index contributed by atoms with van der Waals surface area (Å²) in [6.45, 7) is 8.90. The fourth-order valence-electron chi connectivity index (χ4n) is 4.53. The summed E-state index contributed by atoms with van der Waals surface area (Å²) in [5.41, 5.74) is 15.1. The van der Waals surface area contributed by atoms with Crippen molar-refractivity contribution in [2.24, 2.45) is 17.1 Å². The molecule has 0 spiro atoms. The molecule has 1 aliphatic rings. The van der Waals surface area contributed by atoms with E-state index in [1.807, 2.05) is 12.1 Å². The highest BCUT2D eigenvalue weighted by Crippen LogP contribution is 2.44. The summed E-state index contributed by atoms with van der Waals surface area (Å²) in [7, 11) is 0. The van der Waals surface area contributed by atoms with Gasteiger partial charge >= 0.3 is 0 Å². The second-order valence-corrected chi connectivity index (χ2v) is 12.0. The van der Waals surface area contributed by atoms with Crippen LogP contribution in [-0.4, -0.2) is 16.8 Å². The summed E-state index contributed by atoms with van der Waals surface area (Å²) >= 11 is 2.76. The number of anilines is 2. The van der Waals surface area contributed by atoms with Crippen LogP contribution in [0.2, 0.25) is 0 Å². The molecule has 0 saturated carbocycles. The number of nitrogens with one attached hydrogen (secondary N) is 1. The van der Waals surface area contributed by atoms with E-state index < -0.39 is 5.91 Å². The van der Waals surface area contributed by atoms with Crippen LogP contribution in [0.25, 0.3) is 10.2 Å². The highest BCUT2D eigenvalue weighted by Gasteiger charge is 2.34. The molecule has 4 rings (SSSR count). The van der Waals surface area contributed by atoms with E-state index in [0.29, 0.717) is 27.0 Å². The summed E-state index contributed by atoms with van der Waals surface area (Å²) in [4.78, 5) is 32.6. The molecule has 5 N–H and O–H groups in total. The maximum Gasteiger partial charge on any atom is 0.268 e. The summed E-state index contributed by atoms with van der Waals surface area (Å²) in [6.07, 6.45) is 5.79. The summed E-state index contributed by atoms with van der Waals surface area (Å²) in [5.74, 6) is -0.290. The van der Waals surface area contributed by atoms with Crippen LogP contribution in [0.3, 0.4) is 0 Å². The van der Waals surface area contributed by atoms with Crippen molar-refractivity contribution in [3.05, 3.63) is 38.7 Å². The molecule has 8 heteroatoms. The number of hydrogen-bond donors (Lipinski definition) is 3. The third-order valence-electron chi connectivity index (χ3n) is 6.61. The van der Waals surface area contributed by atoms with Crippen molar-refractivity contribution in [1.82, 2.24) is 4.98 Å². The van der Waals surface area contributed by atoms with E-state index in [1.165, 1.54) is 22.7 Å². The van der Waals surface area contributed by atoms with Crippen LogP contribution >= 0.6 is 22.7 Å². The Morgan fingerprint density at radius 3 is 2.67 bits per heavy atom. The number of hydrogen-bond acceptors (Lipinski definition) is 6. The molecule has 2 amide bonds. The quantitative estimate of drug-likeness (QED) is 0.411. The predicted molar refractivity (Wildman–Crippen MR) is 138 cm³/mol. The molecular formula is C25H32N4O2S2. The number of aryl methyl sites for hydroxylation is 1. The monoisotopic (exact) mass is 484 g/mol. The van der Waals surface area contributed by atoms with Gasteiger partial charge in [0.25, 0.3) is 11.8 Å². The van der Waals surface area contributed by atoms with Crippen LogP contribution in [-0.2, 0) is 19.3 Å². The van der Waals surface area contributed by atoms with Crippen molar-refractivity contribution in [1.29, 1.82) is 0 Å². The molecule has 1 unspecified atom stereocenters.